The summed E-state index contributed by atoms with van der Waals surface area (Å²) >= 11 is 0. The molecule has 2 N–H and O–H groups in total. The molecule has 108 valence electrons. The van der Waals surface area contributed by atoms with E-state index in [0.717, 1.165) is 30.3 Å². The van der Waals surface area contributed by atoms with E-state index in [2.05, 4.69) is 17.6 Å². The van der Waals surface area contributed by atoms with Crippen molar-refractivity contribution in [2.45, 2.75) is 13.3 Å². The van der Waals surface area contributed by atoms with Gasteiger partial charge in [-0.25, -0.2) is 0 Å². The number of hydrogen-bond acceptors (Lipinski definition) is 2. The van der Waals surface area contributed by atoms with Gasteiger partial charge in [-0.3, -0.25) is 4.79 Å². The van der Waals surface area contributed by atoms with Crippen LogP contribution in [0.4, 0.5) is 0 Å². The molecule has 0 bridgehead atoms. The van der Waals surface area contributed by atoms with Crippen molar-refractivity contribution in [3.63, 3.8) is 0 Å². The Balaban J connectivity index is 0.00000200. The van der Waals surface area contributed by atoms with E-state index in [1.54, 1.807) is 0 Å². The molecule has 0 aromatic heterocycles. The molecule has 0 aliphatic rings. The average Bonchev–Trinajstić information content (AvgIpc) is 2.46. The van der Waals surface area contributed by atoms with Gasteiger partial charge in [0, 0.05) is 18.7 Å². The van der Waals surface area contributed by atoms with Gasteiger partial charge in [0.15, 0.2) is 0 Å². The molecule has 0 radical (unpaired) electrons. The van der Waals surface area contributed by atoms with Gasteiger partial charge >= 0.3 is 0 Å². The standard InChI is InChI=1S/C16H20N2O.ClH/c1-2-9-17-10-11-18-16(19)15-8-7-13-5-3-4-6-14(13)12-15;/h3-8,12,17H,2,9-11H2,1H3,(H,18,19);1H. The lowest BCUT2D eigenvalue weighted by molar-refractivity contribution is 0.0954. The molecule has 0 saturated heterocycles. The third-order valence-corrected chi connectivity index (χ3v) is 3.03. The largest absolute Gasteiger partial charge is 0.351 e. The second-order valence-corrected chi connectivity index (χ2v) is 4.57. The average molecular weight is 293 g/mol. The Labute approximate surface area is 126 Å². The summed E-state index contributed by atoms with van der Waals surface area (Å²) in [4.78, 5) is 12.0. The SMILES string of the molecule is CCCNCCNC(=O)c1ccc2ccccc2c1.Cl. The Hall–Kier alpha value is -1.58. The molecule has 0 fully saturated rings. The van der Waals surface area contributed by atoms with Crippen molar-refractivity contribution in [1.82, 2.24) is 10.6 Å². The fourth-order valence-electron chi connectivity index (χ4n) is 2.00. The molecular weight excluding hydrogens is 272 g/mol. The molecular formula is C16H21ClN2O. The first-order chi connectivity index (χ1) is 9.31. The van der Waals surface area contributed by atoms with E-state index in [1.165, 1.54) is 0 Å². The van der Waals surface area contributed by atoms with Crippen molar-refractivity contribution in [2.24, 2.45) is 0 Å². The Bertz CT molecular complexity index is 557. The summed E-state index contributed by atoms with van der Waals surface area (Å²) in [5, 5.41) is 8.43. The number of nitrogens with one attached hydrogen (secondary N) is 2. The van der Waals surface area contributed by atoms with Gasteiger partial charge in [-0.1, -0.05) is 37.3 Å². The zero-order valence-corrected chi connectivity index (χ0v) is 12.5. The van der Waals surface area contributed by atoms with Crippen molar-refractivity contribution in [3.8, 4) is 0 Å². The highest BCUT2D eigenvalue weighted by atomic mass is 35.5. The maximum absolute atomic E-state index is 12.0. The van der Waals surface area contributed by atoms with Crippen LogP contribution in [-0.4, -0.2) is 25.5 Å². The summed E-state index contributed by atoms with van der Waals surface area (Å²) in [6, 6.07) is 13.8. The molecule has 3 nitrogen and oxygen atoms in total. The van der Waals surface area contributed by atoms with Crippen LogP contribution in [0.1, 0.15) is 23.7 Å². The van der Waals surface area contributed by atoms with E-state index in [4.69, 9.17) is 0 Å². The molecule has 0 spiro atoms. The maximum atomic E-state index is 12.0. The normalized spacial score (nSPS) is 10.1. The van der Waals surface area contributed by atoms with E-state index in [0.29, 0.717) is 12.1 Å². The van der Waals surface area contributed by atoms with Crippen molar-refractivity contribution in [2.75, 3.05) is 19.6 Å². The highest BCUT2D eigenvalue weighted by Crippen LogP contribution is 2.15. The van der Waals surface area contributed by atoms with Crippen LogP contribution in [0.2, 0.25) is 0 Å². The third kappa shape index (κ3) is 4.51. The topological polar surface area (TPSA) is 41.1 Å². The van der Waals surface area contributed by atoms with E-state index >= 15 is 0 Å². The van der Waals surface area contributed by atoms with Gasteiger partial charge in [0.2, 0.25) is 0 Å². The van der Waals surface area contributed by atoms with Gasteiger partial charge < -0.3 is 10.6 Å². The lowest BCUT2D eigenvalue weighted by Gasteiger charge is -2.07. The minimum absolute atomic E-state index is 0. The quantitative estimate of drug-likeness (QED) is 0.804. The number of halogens is 1. The number of carbonyl (C=O) groups is 1. The van der Waals surface area contributed by atoms with Gasteiger partial charge in [0.05, 0.1) is 0 Å². The second-order valence-electron chi connectivity index (χ2n) is 4.57. The Morgan fingerprint density at radius 2 is 1.75 bits per heavy atom. The zero-order chi connectivity index (χ0) is 13.5. The summed E-state index contributed by atoms with van der Waals surface area (Å²) < 4.78 is 0. The van der Waals surface area contributed by atoms with E-state index in [-0.39, 0.29) is 18.3 Å². The number of rotatable bonds is 6. The van der Waals surface area contributed by atoms with E-state index in [1.807, 2.05) is 42.5 Å². The molecule has 2 aromatic rings. The van der Waals surface area contributed by atoms with Crippen molar-refractivity contribution in [1.29, 1.82) is 0 Å². The van der Waals surface area contributed by atoms with Crippen LogP contribution in [0.15, 0.2) is 42.5 Å². The molecule has 20 heavy (non-hydrogen) atoms. The van der Waals surface area contributed by atoms with Gasteiger partial charge in [0.25, 0.3) is 5.91 Å². The highest BCUT2D eigenvalue weighted by Gasteiger charge is 2.05. The Kier molecular flexibility index (Phi) is 7.05. The third-order valence-electron chi connectivity index (χ3n) is 3.03. The maximum Gasteiger partial charge on any atom is 0.251 e. The van der Waals surface area contributed by atoms with Crippen LogP contribution < -0.4 is 10.6 Å². The predicted octanol–water partition coefficient (Wildman–Crippen LogP) is 2.99. The first-order valence-corrected chi connectivity index (χ1v) is 6.79. The molecule has 0 unspecified atom stereocenters. The second kappa shape index (κ2) is 8.56. The van der Waals surface area contributed by atoms with Crippen LogP contribution in [0.3, 0.4) is 0 Å². The molecule has 0 heterocycles. The molecule has 0 aliphatic heterocycles. The lowest BCUT2D eigenvalue weighted by Crippen LogP contribution is -2.32. The predicted molar refractivity (Wildman–Crippen MR) is 86.7 cm³/mol. The summed E-state index contributed by atoms with van der Waals surface area (Å²) in [7, 11) is 0. The molecule has 0 aliphatic carbocycles. The molecule has 1 amide bonds. The van der Waals surface area contributed by atoms with Gasteiger partial charge in [-0.05, 0) is 35.9 Å². The van der Waals surface area contributed by atoms with E-state index in [9.17, 15) is 4.79 Å². The van der Waals surface area contributed by atoms with Crippen LogP contribution in [0.5, 0.6) is 0 Å². The fraction of sp³-hybridized carbons (Fsp3) is 0.312. The Morgan fingerprint density at radius 1 is 1.00 bits per heavy atom. The summed E-state index contributed by atoms with van der Waals surface area (Å²) in [5.41, 5.74) is 0.717. The van der Waals surface area contributed by atoms with Crippen LogP contribution in [-0.2, 0) is 0 Å². The highest BCUT2D eigenvalue weighted by molar-refractivity contribution is 5.98. The zero-order valence-electron chi connectivity index (χ0n) is 11.7. The molecule has 4 heteroatoms. The lowest BCUT2D eigenvalue weighted by atomic mass is 10.1. The van der Waals surface area contributed by atoms with Gasteiger partial charge in [-0.2, -0.15) is 0 Å². The molecule has 2 rings (SSSR count). The van der Waals surface area contributed by atoms with E-state index < -0.39 is 0 Å². The molecule has 0 atom stereocenters. The first kappa shape index (κ1) is 16.5. The number of benzene rings is 2. The van der Waals surface area contributed by atoms with Crippen LogP contribution >= 0.6 is 12.4 Å². The van der Waals surface area contributed by atoms with Crippen LogP contribution in [0, 0.1) is 0 Å². The van der Waals surface area contributed by atoms with Gasteiger partial charge in [0.1, 0.15) is 0 Å². The first-order valence-electron chi connectivity index (χ1n) is 6.79. The molecule has 0 saturated carbocycles. The summed E-state index contributed by atoms with van der Waals surface area (Å²) in [5.74, 6) is -0.0101. The van der Waals surface area contributed by atoms with Gasteiger partial charge in [-0.15, -0.1) is 12.4 Å². The minimum Gasteiger partial charge on any atom is -0.351 e. The monoisotopic (exact) mass is 292 g/mol. The van der Waals surface area contributed by atoms with Crippen molar-refractivity contribution < 1.29 is 4.79 Å². The number of carbonyl (C=O) groups excluding carboxylic acids is 1. The summed E-state index contributed by atoms with van der Waals surface area (Å²) in [6.45, 7) is 4.59. The fourth-order valence-corrected chi connectivity index (χ4v) is 2.00. The smallest absolute Gasteiger partial charge is 0.251 e. The Morgan fingerprint density at radius 3 is 2.50 bits per heavy atom. The molecule has 2 aromatic carbocycles. The number of hydrogen-bond donors (Lipinski definition) is 2. The van der Waals surface area contributed by atoms with Crippen molar-refractivity contribution >= 4 is 29.1 Å². The van der Waals surface area contributed by atoms with Crippen molar-refractivity contribution in [3.05, 3.63) is 48.0 Å². The number of amides is 1. The van der Waals surface area contributed by atoms with Crippen LogP contribution in [0.25, 0.3) is 10.8 Å². The number of fused-ring (bicyclic) bond motifs is 1. The summed E-state index contributed by atoms with van der Waals surface area (Å²) in [6.07, 6.45) is 1.11. The minimum atomic E-state index is -0.0101.